The van der Waals surface area contributed by atoms with Gasteiger partial charge in [-0.15, -0.1) is 0 Å². The number of para-hydroxylation sites is 1. The Morgan fingerprint density at radius 1 is 0.371 bits per heavy atom. The minimum atomic E-state index is 0.946. The molecule has 0 atom stereocenters. The number of hydrogen-bond donors (Lipinski definition) is 0. The van der Waals surface area contributed by atoms with Crippen LogP contribution < -0.4 is 4.90 Å². The van der Waals surface area contributed by atoms with Gasteiger partial charge >= 0.3 is 0 Å². The largest absolute Gasteiger partial charge is 0.311 e. The van der Waals surface area contributed by atoms with E-state index in [2.05, 4.69) is 74.9 Å². The maximum absolute atomic E-state index is 4.04. The summed E-state index contributed by atoms with van der Waals surface area (Å²) in [6.45, 7) is 0. The van der Waals surface area contributed by atoms with Crippen molar-refractivity contribution < 1.29 is 0 Å². The maximum Gasteiger partial charge on any atom is 0.0462 e. The molecule has 0 amide bonds. The van der Waals surface area contributed by atoms with Gasteiger partial charge in [-0.3, -0.25) is 9.97 Å². The van der Waals surface area contributed by atoms with Gasteiger partial charge in [0.15, 0.2) is 0 Å². The van der Waals surface area contributed by atoms with Crippen LogP contribution in [-0.4, -0.2) is 9.97 Å². The van der Waals surface area contributed by atoms with Gasteiger partial charge in [0.1, 0.15) is 0 Å². The molecule has 0 aliphatic rings. The summed E-state index contributed by atoms with van der Waals surface area (Å²) in [6, 6.07) is 34.5. The number of anilines is 3. The summed E-state index contributed by atoms with van der Waals surface area (Å²) in [5.41, 5.74) is 7.01. The zero-order chi connectivity index (χ0) is 23.7. The predicted octanol–water partition coefficient (Wildman–Crippen LogP) is 6.75. The third-order valence-electron chi connectivity index (χ3n) is 5.33. The summed E-state index contributed by atoms with van der Waals surface area (Å²) in [5.74, 6) is 12.8. The molecule has 2 heterocycles. The number of rotatable bonds is 3. The van der Waals surface area contributed by atoms with Gasteiger partial charge < -0.3 is 4.90 Å². The first-order chi connectivity index (χ1) is 17.3. The molecule has 0 fully saturated rings. The lowest BCUT2D eigenvalue weighted by atomic mass is 10.1. The van der Waals surface area contributed by atoms with Crippen LogP contribution in [0.3, 0.4) is 0 Å². The molecule has 3 aromatic carbocycles. The fourth-order valence-electron chi connectivity index (χ4n) is 3.57. The molecule has 5 aromatic rings. The van der Waals surface area contributed by atoms with Crippen molar-refractivity contribution in [3.05, 3.63) is 150 Å². The summed E-state index contributed by atoms with van der Waals surface area (Å²) in [5, 5.41) is 0. The van der Waals surface area contributed by atoms with E-state index in [1.165, 1.54) is 0 Å². The Bertz CT molecular complexity index is 1400. The van der Waals surface area contributed by atoms with Gasteiger partial charge in [0.25, 0.3) is 0 Å². The molecule has 0 N–H and O–H groups in total. The molecule has 5 rings (SSSR count). The fourth-order valence-corrected chi connectivity index (χ4v) is 3.57. The van der Waals surface area contributed by atoms with Crippen LogP contribution in [-0.2, 0) is 0 Å². The van der Waals surface area contributed by atoms with Gasteiger partial charge in [-0.2, -0.15) is 0 Å². The van der Waals surface area contributed by atoms with Crippen molar-refractivity contribution in [2.24, 2.45) is 0 Å². The SMILES string of the molecule is C(#Cc1ccc(N(c2ccccc2)c2ccc(C#Cc3ccncc3)cc2)cc1)c1ccncc1. The number of aromatic nitrogens is 2. The highest BCUT2D eigenvalue weighted by Crippen LogP contribution is 2.34. The molecular weight excluding hydrogens is 426 g/mol. The number of benzene rings is 3. The Balaban J connectivity index is 1.43. The van der Waals surface area contributed by atoms with Crippen LogP contribution in [0.25, 0.3) is 0 Å². The third-order valence-corrected chi connectivity index (χ3v) is 5.33. The van der Waals surface area contributed by atoms with Gasteiger partial charge in [-0.25, -0.2) is 0 Å². The Morgan fingerprint density at radius 3 is 1.11 bits per heavy atom. The standard InChI is InChI=1S/C32H21N3/c1-2-4-30(5-3-1)35(31-14-10-26(11-15-31)6-8-28-18-22-33-23-19-28)32-16-12-27(13-17-32)7-9-29-20-24-34-25-21-29/h1-5,10-25H. The zero-order valence-corrected chi connectivity index (χ0v) is 19.0. The Labute approximate surface area is 205 Å². The van der Waals surface area contributed by atoms with Crippen molar-refractivity contribution in [1.82, 2.24) is 9.97 Å². The van der Waals surface area contributed by atoms with E-state index in [0.717, 1.165) is 39.3 Å². The number of hydrogen-bond acceptors (Lipinski definition) is 3. The van der Waals surface area contributed by atoms with E-state index in [9.17, 15) is 0 Å². The molecule has 3 heteroatoms. The molecule has 0 aliphatic heterocycles. The smallest absolute Gasteiger partial charge is 0.0462 e. The highest BCUT2D eigenvalue weighted by molar-refractivity contribution is 5.77. The van der Waals surface area contributed by atoms with Crippen LogP contribution in [0, 0.1) is 23.7 Å². The molecule has 0 spiro atoms. The Hall–Kier alpha value is -5.12. The molecule has 0 radical (unpaired) electrons. The maximum atomic E-state index is 4.04. The van der Waals surface area contributed by atoms with Crippen molar-refractivity contribution in [2.75, 3.05) is 4.90 Å². The average molecular weight is 448 g/mol. The molecule has 3 nitrogen and oxygen atoms in total. The van der Waals surface area contributed by atoms with Crippen LogP contribution in [0.4, 0.5) is 17.1 Å². The second-order valence-corrected chi connectivity index (χ2v) is 7.74. The van der Waals surface area contributed by atoms with Crippen LogP contribution in [0.15, 0.2) is 128 Å². The molecular formula is C32H21N3. The molecule has 0 bridgehead atoms. The van der Waals surface area contributed by atoms with Crippen molar-refractivity contribution in [3.8, 4) is 23.7 Å². The number of pyridine rings is 2. The normalized spacial score (nSPS) is 9.83. The summed E-state index contributed by atoms with van der Waals surface area (Å²) >= 11 is 0. The van der Waals surface area contributed by atoms with E-state index in [-0.39, 0.29) is 0 Å². The zero-order valence-electron chi connectivity index (χ0n) is 19.0. The van der Waals surface area contributed by atoms with Gasteiger partial charge in [0.05, 0.1) is 0 Å². The quantitative estimate of drug-likeness (QED) is 0.287. The highest BCUT2D eigenvalue weighted by Gasteiger charge is 2.11. The van der Waals surface area contributed by atoms with E-state index in [1.807, 2.05) is 66.7 Å². The van der Waals surface area contributed by atoms with Crippen LogP contribution in [0.2, 0.25) is 0 Å². The molecule has 0 unspecified atom stereocenters. The van der Waals surface area contributed by atoms with Crippen LogP contribution in [0.5, 0.6) is 0 Å². The van der Waals surface area contributed by atoms with Crippen molar-refractivity contribution in [3.63, 3.8) is 0 Å². The van der Waals surface area contributed by atoms with Gasteiger partial charge in [-0.1, -0.05) is 41.9 Å². The van der Waals surface area contributed by atoms with Crippen molar-refractivity contribution in [1.29, 1.82) is 0 Å². The van der Waals surface area contributed by atoms with Crippen molar-refractivity contribution in [2.45, 2.75) is 0 Å². The first-order valence-electron chi connectivity index (χ1n) is 11.2. The molecule has 0 saturated carbocycles. The lowest BCUT2D eigenvalue weighted by Gasteiger charge is -2.25. The summed E-state index contributed by atoms with van der Waals surface area (Å²) in [7, 11) is 0. The number of nitrogens with zero attached hydrogens (tertiary/aromatic N) is 3. The van der Waals surface area contributed by atoms with E-state index < -0.39 is 0 Å². The monoisotopic (exact) mass is 447 g/mol. The second kappa shape index (κ2) is 10.7. The average Bonchev–Trinajstić information content (AvgIpc) is 2.94. The predicted molar refractivity (Wildman–Crippen MR) is 142 cm³/mol. The van der Waals surface area contributed by atoms with Crippen molar-refractivity contribution >= 4 is 17.1 Å². The lowest BCUT2D eigenvalue weighted by Crippen LogP contribution is -2.09. The molecule has 0 aliphatic carbocycles. The van der Waals surface area contributed by atoms with Gasteiger partial charge in [0.2, 0.25) is 0 Å². The van der Waals surface area contributed by atoms with E-state index in [4.69, 9.17) is 0 Å². The molecule has 164 valence electrons. The molecule has 0 saturated heterocycles. The fraction of sp³-hybridized carbons (Fsp3) is 0. The first-order valence-corrected chi connectivity index (χ1v) is 11.2. The molecule has 35 heavy (non-hydrogen) atoms. The highest BCUT2D eigenvalue weighted by atomic mass is 15.1. The third kappa shape index (κ3) is 5.63. The lowest BCUT2D eigenvalue weighted by molar-refractivity contribution is 1.28. The Kier molecular flexibility index (Phi) is 6.62. The topological polar surface area (TPSA) is 29.0 Å². The van der Waals surface area contributed by atoms with Gasteiger partial charge in [0, 0.05) is 64.1 Å². The summed E-state index contributed by atoms with van der Waals surface area (Å²) in [4.78, 5) is 10.3. The molecule has 2 aromatic heterocycles. The Morgan fingerprint density at radius 2 is 0.714 bits per heavy atom. The van der Waals surface area contributed by atoms with E-state index in [1.54, 1.807) is 24.8 Å². The van der Waals surface area contributed by atoms with E-state index >= 15 is 0 Å². The second-order valence-electron chi connectivity index (χ2n) is 7.74. The van der Waals surface area contributed by atoms with Gasteiger partial charge in [-0.05, 0) is 84.9 Å². The van der Waals surface area contributed by atoms with Crippen LogP contribution >= 0.6 is 0 Å². The summed E-state index contributed by atoms with van der Waals surface area (Å²) < 4.78 is 0. The minimum Gasteiger partial charge on any atom is -0.311 e. The first kappa shape index (κ1) is 21.7. The minimum absolute atomic E-state index is 0.946. The van der Waals surface area contributed by atoms with E-state index in [0.29, 0.717) is 0 Å². The van der Waals surface area contributed by atoms with Crippen LogP contribution in [0.1, 0.15) is 22.3 Å². The summed E-state index contributed by atoms with van der Waals surface area (Å²) in [6.07, 6.45) is 7.00.